The number of carbonyl (C=O) groups excluding carboxylic acids is 4. The number of hydrogen-bond donors (Lipinski definition) is 5. The fourth-order valence-electron chi connectivity index (χ4n) is 11.1. The van der Waals surface area contributed by atoms with Crippen LogP contribution in [0.3, 0.4) is 0 Å². The first kappa shape index (κ1) is 61.6. The lowest BCUT2D eigenvalue weighted by molar-refractivity contribution is -0.137. The maximum Gasteiger partial charge on any atom is 0.412 e. The molecular weight excluding hydrogens is 1120 g/mol. The molecule has 4 atom stereocenters. The summed E-state index contributed by atoms with van der Waals surface area (Å²) in [5.41, 5.74) is 13.3. The lowest BCUT2D eigenvalue weighted by Crippen LogP contribution is -2.48. The van der Waals surface area contributed by atoms with Gasteiger partial charge in [0.15, 0.2) is 0 Å². The van der Waals surface area contributed by atoms with E-state index in [0.29, 0.717) is 129 Å². The number of H-pyrrole nitrogens is 1. The van der Waals surface area contributed by atoms with E-state index in [4.69, 9.17) is 67.3 Å². The van der Waals surface area contributed by atoms with E-state index in [-0.39, 0.29) is 37.0 Å². The number of fused-ring (bicyclic) bond motifs is 4. The number of aromatic nitrogens is 4. The van der Waals surface area contributed by atoms with Crippen LogP contribution in [0.4, 0.5) is 22.1 Å². The van der Waals surface area contributed by atoms with Crippen molar-refractivity contribution < 1.29 is 47.6 Å². The predicted octanol–water partition coefficient (Wildman–Crippen LogP) is 9.64. The SMILES string of the molecule is Cc1nc([C@H](C)NC(=O)c2ccc(-c3ccc(NC(=O)OC(C)(C)C)cc3)cc2)cc(N2[C@H](C(=O)NCCOCCOCCOCCOCCOCC(=O)N3CCc4[nH]c5c(Cl)c(Cl)cc(-c6ccc(N)nc6)c5c4C3)C[C@@H]3CCCC[C@@H]32)n1. The van der Waals surface area contributed by atoms with Crippen molar-refractivity contribution in [1.82, 2.24) is 35.5 Å². The van der Waals surface area contributed by atoms with Gasteiger partial charge in [-0.05, 0) is 119 Å². The lowest BCUT2D eigenvalue weighted by Gasteiger charge is -2.35. The number of ether oxygens (including phenoxy) is 6. The lowest BCUT2D eigenvalue weighted by atomic mass is 9.84. The van der Waals surface area contributed by atoms with Crippen LogP contribution in [-0.2, 0) is 51.0 Å². The summed E-state index contributed by atoms with van der Waals surface area (Å²) in [6, 6.07) is 21.4. The number of nitrogens with zero attached hydrogens (tertiary/aromatic N) is 5. The Morgan fingerprint density at radius 1 is 0.810 bits per heavy atom. The van der Waals surface area contributed by atoms with E-state index in [1.807, 2.05) is 77.1 Å². The number of aromatic amines is 1. The van der Waals surface area contributed by atoms with E-state index in [1.54, 1.807) is 41.4 Å². The number of aryl methyl sites for hydroxylation is 1. The molecule has 22 heteroatoms. The smallest absolute Gasteiger partial charge is 0.412 e. The van der Waals surface area contributed by atoms with Gasteiger partial charge in [-0.25, -0.2) is 19.7 Å². The van der Waals surface area contributed by atoms with Gasteiger partial charge in [-0.1, -0.05) is 60.3 Å². The summed E-state index contributed by atoms with van der Waals surface area (Å²) >= 11 is 13.2. The number of pyridine rings is 1. The van der Waals surface area contributed by atoms with Crippen molar-refractivity contribution in [3.8, 4) is 22.3 Å². The molecule has 448 valence electrons. The minimum atomic E-state index is -0.601. The Labute approximate surface area is 500 Å². The van der Waals surface area contributed by atoms with E-state index < -0.39 is 23.8 Å². The highest BCUT2D eigenvalue weighted by Gasteiger charge is 2.46. The molecule has 2 aliphatic heterocycles. The number of benzene rings is 3. The second-order valence-corrected chi connectivity index (χ2v) is 23.1. The number of hydrogen-bond acceptors (Lipinski definition) is 15. The third kappa shape index (κ3) is 16.1. The largest absolute Gasteiger partial charge is 0.444 e. The molecule has 0 spiro atoms. The van der Waals surface area contributed by atoms with Gasteiger partial charge in [0.2, 0.25) is 11.8 Å². The normalized spacial score (nSPS) is 17.2. The van der Waals surface area contributed by atoms with E-state index in [0.717, 1.165) is 76.5 Å². The highest BCUT2D eigenvalue weighted by Crippen LogP contribution is 2.44. The van der Waals surface area contributed by atoms with E-state index >= 15 is 0 Å². The Hall–Kier alpha value is -6.91. The summed E-state index contributed by atoms with van der Waals surface area (Å²) in [4.78, 5) is 74.2. The average Bonchev–Trinajstić information content (AvgIpc) is 4.22. The number of halogens is 2. The molecule has 2 fully saturated rings. The Morgan fingerprint density at radius 3 is 2.12 bits per heavy atom. The maximum atomic E-state index is 13.9. The van der Waals surface area contributed by atoms with Crippen LogP contribution < -0.4 is 26.6 Å². The molecule has 1 saturated heterocycles. The molecular formula is C62H76Cl2N10O10. The van der Waals surface area contributed by atoms with Crippen LogP contribution in [0.5, 0.6) is 0 Å². The molecule has 0 unspecified atom stereocenters. The zero-order valence-electron chi connectivity index (χ0n) is 48.4. The molecule has 3 aliphatic rings. The van der Waals surface area contributed by atoms with Gasteiger partial charge in [-0.2, -0.15) is 0 Å². The van der Waals surface area contributed by atoms with Crippen LogP contribution in [0.15, 0.2) is 79.0 Å². The highest BCUT2D eigenvalue weighted by molar-refractivity contribution is 6.45. The Kier molecular flexibility index (Phi) is 21.1. The van der Waals surface area contributed by atoms with Crippen LogP contribution in [0, 0.1) is 12.8 Å². The minimum absolute atomic E-state index is 0.0640. The summed E-state index contributed by atoms with van der Waals surface area (Å²) in [7, 11) is 0. The summed E-state index contributed by atoms with van der Waals surface area (Å²) in [5.74, 6) is 1.61. The Bertz CT molecular complexity index is 3230. The molecule has 1 aliphatic carbocycles. The van der Waals surface area contributed by atoms with Gasteiger partial charge in [0.05, 0.1) is 86.8 Å². The molecule has 20 nitrogen and oxygen atoms in total. The average molecular weight is 1190 g/mol. The third-order valence-corrected chi connectivity index (χ3v) is 15.9. The monoisotopic (exact) mass is 1190 g/mol. The van der Waals surface area contributed by atoms with Crippen molar-refractivity contribution in [1.29, 1.82) is 0 Å². The topological polar surface area (TPSA) is 247 Å². The molecule has 1 saturated carbocycles. The second kappa shape index (κ2) is 28.8. The number of nitrogen functional groups attached to an aromatic ring is 1. The molecule has 0 bridgehead atoms. The fraction of sp³-hybridized carbons (Fsp3) is 0.468. The summed E-state index contributed by atoms with van der Waals surface area (Å²) < 4.78 is 33.8. The Morgan fingerprint density at radius 2 is 1.45 bits per heavy atom. The van der Waals surface area contributed by atoms with Gasteiger partial charge in [0.25, 0.3) is 5.91 Å². The first-order chi connectivity index (χ1) is 40.5. The van der Waals surface area contributed by atoms with Gasteiger partial charge < -0.3 is 59.6 Å². The highest BCUT2D eigenvalue weighted by atomic mass is 35.5. The van der Waals surface area contributed by atoms with E-state index in [9.17, 15) is 19.2 Å². The molecule has 4 amide bonds. The number of nitrogens with two attached hydrogens (primary N) is 1. The summed E-state index contributed by atoms with van der Waals surface area (Å²) in [6.45, 7) is 13.6. The number of anilines is 3. The van der Waals surface area contributed by atoms with Gasteiger partial charge >= 0.3 is 6.09 Å². The van der Waals surface area contributed by atoms with Crippen molar-refractivity contribution in [3.05, 3.63) is 117 Å². The third-order valence-electron chi connectivity index (χ3n) is 15.2. The molecule has 3 aromatic carbocycles. The van der Waals surface area contributed by atoms with Gasteiger partial charge in [-0.15, -0.1) is 0 Å². The first-order valence-electron chi connectivity index (χ1n) is 28.8. The van der Waals surface area contributed by atoms with Crippen molar-refractivity contribution in [2.45, 2.75) is 103 Å². The molecule has 6 aromatic rings. The van der Waals surface area contributed by atoms with Crippen LogP contribution in [0.25, 0.3) is 33.2 Å². The van der Waals surface area contributed by atoms with Crippen LogP contribution in [0.2, 0.25) is 10.0 Å². The number of nitrogens with one attached hydrogen (secondary N) is 4. The van der Waals surface area contributed by atoms with Crippen molar-refractivity contribution in [2.75, 3.05) is 95.1 Å². The van der Waals surface area contributed by atoms with Crippen LogP contribution >= 0.6 is 23.2 Å². The molecule has 0 radical (unpaired) electrons. The van der Waals surface area contributed by atoms with Gasteiger partial charge in [0.1, 0.15) is 35.7 Å². The van der Waals surface area contributed by atoms with Crippen molar-refractivity contribution in [3.63, 3.8) is 0 Å². The van der Waals surface area contributed by atoms with Crippen LogP contribution in [0.1, 0.15) is 99.0 Å². The van der Waals surface area contributed by atoms with Gasteiger partial charge in [0, 0.05) is 77.8 Å². The molecule has 5 heterocycles. The molecule has 84 heavy (non-hydrogen) atoms. The van der Waals surface area contributed by atoms with E-state index in [1.165, 1.54) is 0 Å². The Balaban J connectivity index is 0.633. The standard InChI is InChI=1S/C62H76Cl2N10O10/c1-38(68-59(76)42-12-10-40(11-13-42)41-14-17-45(18-15-41)71-61(78)84-62(3,4)5)50-34-54(70-39(2)69-50)74-51-9-7-6-8-43(51)32-52(74)60(77)66-21-23-79-24-25-80-26-27-81-28-29-82-30-31-83-37-55(75)73-22-20-49-47(36-73)56-46(44-16-19-53(65)67-35-44)33-48(63)57(64)58(56)72-49/h10-19,33-35,38,43,51-52,72H,6-9,20-32,36-37H2,1-5H3,(H2,65,67)(H,66,77)(H,68,76)(H,71,78)/t38-,43-,51-,52-/m0/s1. The number of rotatable bonds is 25. The molecule has 6 N–H and O–H groups in total. The molecule has 9 rings (SSSR count). The molecule has 3 aromatic heterocycles. The van der Waals surface area contributed by atoms with Crippen molar-refractivity contribution in [2.24, 2.45) is 5.92 Å². The quantitative estimate of drug-likeness (QED) is 0.0335. The number of carbonyl (C=O) groups is 4. The second-order valence-electron chi connectivity index (χ2n) is 22.3. The van der Waals surface area contributed by atoms with Crippen LogP contribution in [-0.4, -0.2) is 145 Å². The summed E-state index contributed by atoms with van der Waals surface area (Å²) in [5, 5.41) is 10.7. The zero-order chi connectivity index (χ0) is 59.3. The number of amides is 4. The van der Waals surface area contributed by atoms with Crippen molar-refractivity contribution >= 4 is 75.2 Å². The zero-order valence-corrected chi connectivity index (χ0v) is 49.9. The van der Waals surface area contributed by atoms with Gasteiger partial charge in [-0.3, -0.25) is 19.7 Å². The first-order valence-corrected chi connectivity index (χ1v) is 29.6. The minimum Gasteiger partial charge on any atom is -0.444 e. The summed E-state index contributed by atoms with van der Waals surface area (Å²) in [6.07, 6.45) is 6.80. The fourth-order valence-corrected chi connectivity index (χ4v) is 11.5. The maximum absolute atomic E-state index is 13.9. The van der Waals surface area contributed by atoms with E-state index in [2.05, 4.69) is 30.8 Å². The predicted molar refractivity (Wildman–Crippen MR) is 323 cm³/mol.